The third-order valence-corrected chi connectivity index (χ3v) is 9.69. The Morgan fingerprint density at radius 3 is 1.74 bits per heavy atom. The molecule has 5 nitrogen and oxygen atoms in total. The number of hydrogen-bond donors (Lipinski definition) is 0. The number of fused-ring (bicyclic) bond motifs is 5. The predicted molar refractivity (Wildman–Crippen MR) is 201 cm³/mol. The summed E-state index contributed by atoms with van der Waals surface area (Å²) in [4.78, 5) is 23.7. The summed E-state index contributed by atoms with van der Waals surface area (Å²) in [6.45, 7) is 10.5. The van der Waals surface area contributed by atoms with E-state index >= 15 is 0 Å². The summed E-state index contributed by atoms with van der Waals surface area (Å²) in [6, 6.07) is 49.7. The largest absolute Gasteiger partial charge is 0.300 e. The second kappa shape index (κ2) is 11.7. The average Bonchev–Trinajstić information content (AvgIpc) is 3.46. The lowest BCUT2D eigenvalue weighted by Gasteiger charge is -2.17. The number of benzene rings is 6. The zero-order valence-corrected chi connectivity index (χ0v) is 27.2. The van der Waals surface area contributed by atoms with Crippen LogP contribution in [-0.4, -0.2) is 19.9 Å². The van der Waals surface area contributed by atoms with Crippen LogP contribution < -0.4 is 0 Å². The maximum atomic E-state index is 8.48. The van der Waals surface area contributed by atoms with Crippen LogP contribution in [0.4, 0.5) is 0 Å². The Labute approximate surface area is 290 Å². The summed E-state index contributed by atoms with van der Waals surface area (Å²) >= 11 is 0. The quantitative estimate of drug-likeness (QED) is 0.176. The lowest BCUT2D eigenvalue weighted by Crippen LogP contribution is -2.15. The molecule has 0 saturated carbocycles. The minimum absolute atomic E-state index is 0.579. The fourth-order valence-electron chi connectivity index (χ4n) is 7.19. The van der Waals surface area contributed by atoms with Crippen LogP contribution in [0.3, 0.4) is 0 Å². The zero-order chi connectivity index (χ0) is 33.7. The molecule has 50 heavy (non-hydrogen) atoms. The molecule has 5 heteroatoms. The average molecular weight is 640 g/mol. The molecule has 9 rings (SSSR count). The van der Waals surface area contributed by atoms with Crippen LogP contribution in [0.2, 0.25) is 0 Å². The Bertz CT molecular complexity index is 2550. The molecule has 0 bridgehead atoms. The van der Waals surface area contributed by atoms with Gasteiger partial charge in [-0.25, -0.2) is 21.5 Å². The molecule has 0 radical (unpaired) electrons. The lowest BCUT2D eigenvalue weighted by atomic mass is 9.86. The minimum Gasteiger partial charge on any atom is -0.300 e. The van der Waals surface area contributed by atoms with Gasteiger partial charge in [0.15, 0.2) is 17.5 Å². The highest BCUT2D eigenvalue weighted by Crippen LogP contribution is 2.53. The van der Waals surface area contributed by atoms with E-state index in [1.165, 1.54) is 0 Å². The molecule has 2 heterocycles. The van der Waals surface area contributed by atoms with Crippen molar-refractivity contribution in [2.75, 3.05) is 0 Å². The van der Waals surface area contributed by atoms with Crippen LogP contribution in [0.15, 0.2) is 158 Å². The number of aromatic nitrogens is 4. The van der Waals surface area contributed by atoms with Crippen molar-refractivity contribution in [3.05, 3.63) is 181 Å². The van der Waals surface area contributed by atoms with Crippen molar-refractivity contribution in [1.29, 1.82) is 0 Å². The first-order valence-corrected chi connectivity index (χ1v) is 16.6. The highest BCUT2D eigenvalue weighted by Gasteiger charge is 2.46. The number of nitrogens with zero attached hydrogens (tertiary/aromatic N) is 5. The first-order chi connectivity index (χ1) is 24.6. The van der Waals surface area contributed by atoms with E-state index in [2.05, 4.69) is 95.6 Å². The van der Waals surface area contributed by atoms with Gasteiger partial charge in [-0.15, -0.1) is 0 Å². The fourth-order valence-corrected chi connectivity index (χ4v) is 7.19. The predicted octanol–water partition coefficient (Wildman–Crippen LogP) is 10.9. The Hall–Kier alpha value is -6.77. The maximum absolute atomic E-state index is 8.48. The summed E-state index contributed by atoms with van der Waals surface area (Å²) < 4.78 is 0. The van der Waals surface area contributed by atoms with E-state index in [9.17, 15) is 0 Å². The van der Waals surface area contributed by atoms with E-state index in [1.807, 2.05) is 72.9 Å². The van der Waals surface area contributed by atoms with Crippen molar-refractivity contribution in [2.24, 2.45) is 0 Å². The fraction of sp³-hybridized carbons (Fsp3) is 0.0444. The monoisotopic (exact) mass is 639 g/mol. The van der Waals surface area contributed by atoms with Crippen LogP contribution in [0.25, 0.3) is 83.2 Å². The number of rotatable bonds is 5. The summed E-state index contributed by atoms with van der Waals surface area (Å²) in [5, 5.41) is 2.27. The van der Waals surface area contributed by atoms with E-state index in [0.29, 0.717) is 17.5 Å². The molecule has 0 aliphatic heterocycles. The van der Waals surface area contributed by atoms with E-state index in [4.69, 9.17) is 21.5 Å². The molecular weight excluding hydrogens is 611 g/mol. The topological polar surface area (TPSA) is 55.9 Å². The molecule has 0 amide bonds. The Kier molecular flexibility index (Phi) is 6.89. The van der Waals surface area contributed by atoms with Crippen molar-refractivity contribution in [3.63, 3.8) is 0 Å². The summed E-state index contributed by atoms with van der Waals surface area (Å²) in [5.74, 6) is 1.80. The van der Waals surface area contributed by atoms with Gasteiger partial charge >= 0.3 is 0 Å². The molecule has 2 aromatic heterocycles. The summed E-state index contributed by atoms with van der Waals surface area (Å²) in [6.07, 6.45) is 3.66. The molecule has 0 spiro atoms. The van der Waals surface area contributed by atoms with Gasteiger partial charge in [-0.3, -0.25) is 4.98 Å². The van der Waals surface area contributed by atoms with Crippen LogP contribution in [0.5, 0.6) is 0 Å². The van der Waals surface area contributed by atoms with Crippen molar-refractivity contribution in [2.45, 2.75) is 12.5 Å². The molecule has 0 N–H and O–H groups in total. The minimum atomic E-state index is -0.825. The van der Waals surface area contributed by atoms with Gasteiger partial charge in [0, 0.05) is 47.1 Å². The maximum Gasteiger partial charge on any atom is 0.281 e. The molecule has 6 aromatic carbocycles. The smallest absolute Gasteiger partial charge is 0.281 e. The van der Waals surface area contributed by atoms with E-state index < -0.39 is 5.54 Å². The summed E-state index contributed by atoms with van der Waals surface area (Å²) in [5.41, 5.74) is 10.2. The van der Waals surface area contributed by atoms with Gasteiger partial charge < -0.3 is 4.85 Å². The van der Waals surface area contributed by atoms with Gasteiger partial charge in [0.05, 0.1) is 5.56 Å². The Balaban J connectivity index is 1.25. The second-order valence-corrected chi connectivity index (χ2v) is 12.7. The molecule has 1 unspecified atom stereocenters. The molecule has 1 atom stereocenters. The molecule has 234 valence electrons. The first kappa shape index (κ1) is 29.4. The van der Waals surface area contributed by atoms with Crippen molar-refractivity contribution in [3.8, 4) is 67.5 Å². The number of hydrogen-bond acceptors (Lipinski definition) is 4. The molecule has 8 aromatic rings. The summed E-state index contributed by atoms with van der Waals surface area (Å²) in [7, 11) is 0. The van der Waals surface area contributed by atoms with Gasteiger partial charge in [-0.05, 0) is 68.9 Å². The Morgan fingerprint density at radius 2 is 1.08 bits per heavy atom. The SMILES string of the molecule is [C-]#[N+]C1(C)c2cc(-c3cc(-c4cccnc4)cc(-c4nc(-c5ccccc5)nc(-c5ccccc5)n4)c3)ccc2-c2ccc3ccccc3c21. The molecule has 1 aliphatic carbocycles. The van der Waals surface area contributed by atoms with Crippen LogP contribution in [0, 0.1) is 6.57 Å². The standard InChI is InChI=1S/C45H29N5/c1-45(46-2)40-27-32(20-21-38(40)39-22-19-29-12-9-10-18-37(29)41(39)45)34-24-35(33-17-11-23-47-28-33)26-36(25-34)44-49-42(30-13-5-3-6-14-30)48-43(50-44)31-15-7-4-8-16-31/h3-28H,1H3. The third-order valence-electron chi connectivity index (χ3n) is 9.69. The van der Waals surface area contributed by atoms with Gasteiger partial charge in [0.1, 0.15) is 0 Å². The van der Waals surface area contributed by atoms with E-state index in [-0.39, 0.29) is 0 Å². The van der Waals surface area contributed by atoms with Crippen molar-refractivity contribution in [1.82, 2.24) is 19.9 Å². The Morgan fingerprint density at radius 1 is 0.500 bits per heavy atom. The van der Waals surface area contributed by atoms with Crippen molar-refractivity contribution >= 4 is 10.8 Å². The van der Waals surface area contributed by atoms with Gasteiger partial charge in [0.2, 0.25) is 0 Å². The highest BCUT2D eigenvalue weighted by molar-refractivity contribution is 5.98. The van der Waals surface area contributed by atoms with Crippen LogP contribution in [0.1, 0.15) is 18.1 Å². The van der Waals surface area contributed by atoms with E-state index in [0.717, 1.165) is 72.0 Å². The van der Waals surface area contributed by atoms with Gasteiger partial charge in [0.25, 0.3) is 5.54 Å². The normalized spacial score (nSPS) is 14.6. The molecular formula is C45H29N5. The lowest BCUT2D eigenvalue weighted by molar-refractivity contribution is 0.748. The van der Waals surface area contributed by atoms with Gasteiger partial charge in [-0.2, -0.15) is 0 Å². The van der Waals surface area contributed by atoms with Crippen LogP contribution >= 0.6 is 0 Å². The number of pyridine rings is 1. The molecule has 0 fully saturated rings. The molecule has 0 saturated heterocycles. The van der Waals surface area contributed by atoms with Gasteiger partial charge in [-0.1, -0.05) is 115 Å². The zero-order valence-electron chi connectivity index (χ0n) is 27.2. The molecule has 1 aliphatic rings. The van der Waals surface area contributed by atoms with E-state index in [1.54, 1.807) is 6.20 Å². The highest BCUT2D eigenvalue weighted by atomic mass is 15.0. The van der Waals surface area contributed by atoms with Crippen molar-refractivity contribution < 1.29 is 0 Å². The first-order valence-electron chi connectivity index (χ1n) is 16.6. The van der Waals surface area contributed by atoms with Crippen LogP contribution in [-0.2, 0) is 5.54 Å². The second-order valence-electron chi connectivity index (χ2n) is 12.7. The third kappa shape index (κ3) is 4.86.